The standard InChI is InChI=1S/C15H22N2O/c1-4-15(5-2)6-7-17(11-15)14-12(3)8-13(10-18)9-16-14/h8-10H,4-7,11H2,1-3H3. The highest BCUT2D eigenvalue weighted by Crippen LogP contribution is 2.39. The minimum absolute atomic E-state index is 0.456. The first-order valence-electron chi connectivity index (χ1n) is 6.81. The largest absolute Gasteiger partial charge is 0.356 e. The van der Waals surface area contributed by atoms with Crippen molar-refractivity contribution in [3.63, 3.8) is 0 Å². The first kappa shape index (κ1) is 13.1. The molecule has 0 amide bonds. The van der Waals surface area contributed by atoms with E-state index in [1.165, 1.54) is 19.3 Å². The minimum atomic E-state index is 0.456. The molecule has 3 nitrogen and oxygen atoms in total. The summed E-state index contributed by atoms with van der Waals surface area (Å²) in [5.74, 6) is 1.05. The van der Waals surface area contributed by atoms with Gasteiger partial charge in [-0.25, -0.2) is 4.98 Å². The number of anilines is 1. The van der Waals surface area contributed by atoms with Crippen molar-refractivity contribution in [2.24, 2.45) is 5.41 Å². The van der Waals surface area contributed by atoms with E-state index in [9.17, 15) is 4.79 Å². The highest BCUT2D eigenvalue weighted by atomic mass is 16.1. The van der Waals surface area contributed by atoms with Crippen LogP contribution in [0.4, 0.5) is 5.82 Å². The Morgan fingerprint density at radius 2 is 2.17 bits per heavy atom. The van der Waals surface area contributed by atoms with Crippen LogP contribution < -0.4 is 4.90 Å². The maximum Gasteiger partial charge on any atom is 0.151 e. The van der Waals surface area contributed by atoms with Gasteiger partial charge in [0.1, 0.15) is 5.82 Å². The fourth-order valence-electron chi connectivity index (χ4n) is 2.93. The maximum absolute atomic E-state index is 10.7. The van der Waals surface area contributed by atoms with Crippen LogP contribution >= 0.6 is 0 Å². The van der Waals surface area contributed by atoms with Gasteiger partial charge in [-0.05, 0) is 43.2 Å². The second-order valence-electron chi connectivity index (χ2n) is 5.41. The molecule has 2 rings (SSSR count). The number of hydrogen-bond donors (Lipinski definition) is 0. The Morgan fingerprint density at radius 3 is 2.67 bits per heavy atom. The monoisotopic (exact) mass is 246 g/mol. The average molecular weight is 246 g/mol. The van der Waals surface area contributed by atoms with Gasteiger partial charge in [-0.15, -0.1) is 0 Å². The number of pyridine rings is 1. The molecule has 0 unspecified atom stereocenters. The zero-order chi connectivity index (χ0) is 13.2. The van der Waals surface area contributed by atoms with Crippen molar-refractivity contribution in [3.8, 4) is 0 Å². The lowest BCUT2D eigenvalue weighted by molar-refractivity contribution is 0.112. The zero-order valence-corrected chi connectivity index (χ0v) is 11.6. The van der Waals surface area contributed by atoms with E-state index in [0.29, 0.717) is 11.0 Å². The van der Waals surface area contributed by atoms with Crippen LogP contribution in [0.3, 0.4) is 0 Å². The van der Waals surface area contributed by atoms with Crippen LogP contribution in [0.5, 0.6) is 0 Å². The molecule has 1 aliphatic heterocycles. The third-order valence-corrected chi connectivity index (χ3v) is 4.45. The van der Waals surface area contributed by atoms with E-state index in [1.807, 2.05) is 13.0 Å². The molecule has 1 aromatic rings. The molecule has 0 atom stereocenters. The van der Waals surface area contributed by atoms with Crippen LogP contribution in [0.15, 0.2) is 12.3 Å². The van der Waals surface area contributed by atoms with Crippen molar-refractivity contribution in [1.29, 1.82) is 0 Å². The Hall–Kier alpha value is -1.38. The van der Waals surface area contributed by atoms with E-state index in [2.05, 4.69) is 23.7 Å². The number of rotatable bonds is 4. The van der Waals surface area contributed by atoms with Gasteiger partial charge < -0.3 is 4.90 Å². The molecule has 0 bridgehead atoms. The molecule has 18 heavy (non-hydrogen) atoms. The number of carbonyl (C=O) groups is 1. The van der Waals surface area contributed by atoms with Gasteiger partial charge in [0.05, 0.1) is 0 Å². The predicted molar refractivity (Wildman–Crippen MR) is 74.2 cm³/mol. The molecule has 0 N–H and O–H groups in total. The number of hydrogen-bond acceptors (Lipinski definition) is 3. The summed E-state index contributed by atoms with van der Waals surface area (Å²) in [5, 5.41) is 0. The molecular formula is C15H22N2O. The Balaban J connectivity index is 2.21. The van der Waals surface area contributed by atoms with E-state index in [1.54, 1.807) is 6.20 Å². The molecule has 0 aromatic carbocycles. The summed E-state index contributed by atoms with van der Waals surface area (Å²) in [5.41, 5.74) is 2.22. The summed E-state index contributed by atoms with van der Waals surface area (Å²) < 4.78 is 0. The highest BCUT2D eigenvalue weighted by Gasteiger charge is 2.35. The topological polar surface area (TPSA) is 33.2 Å². The third-order valence-electron chi connectivity index (χ3n) is 4.45. The van der Waals surface area contributed by atoms with Crippen molar-refractivity contribution in [3.05, 3.63) is 23.4 Å². The molecule has 0 radical (unpaired) electrons. The van der Waals surface area contributed by atoms with E-state index in [-0.39, 0.29) is 0 Å². The smallest absolute Gasteiger partial charge is 0.151 e. The zero-order valence-electron chi connectivity index (χ0n) is 11.6. The van der Waals surface area contributed by atoms with Gasteiger partial charge in [0.2, 0.25) is 0 Å². The molecule has 1 fully saturated rings. The van der Waals surface area contributed by atoms with Gasteiger partial charge in [0.15, 0.2) is 6.29 Å². The summed E-state index contributed by atoms with van der Waals surface area (Å²) in [6.45, 7) is 8.77. The minimum Gasteiger partial charge on any atom is -0.356 e. The fraction of sp³-hybridized carbons (Fsp3) is 0.600. The first-order valence-corrected chi connectivity index (χ1v) is 6.81. The highest BCUT2D eigenvalue weighted by molar-refractivity contribution is 5.75. The lowest BCUT2D eigenvalue weighted by atomic mass is 9.82. The molecule has 0 aliphatic carbocycles. The summed E-state index contributed by atoms with van der Waals surface area (Å²) in [6, 6.07) is 1.92. The van der Waals surface area contributed by atoms with Gasteiger partial charge in [-0.2, -0.15) is 0 Å². The van der Waals surface area contributed by atoms with Crippen molar-refractivity contribution in [2.45, 2.75) is 40.0 Å². The van der Waals surface area contributed by atoms with Crippen molar-refractivity contribution in [2.75, 3.05) is 18.0 Å². The van der Waals surface area contributed by atoms with Crippen LogP contribution in [-0.2, 0) is 0 Å². The Kier molecular flexibility index (Phi) is 3.69. The summed E-state index contributed by atoms with van der Waals surface area (Å²) >= 11 is 0. The van der Waals surface area contributed by atoms with Crippen molar-refractivity contribution >= 4 is 12.1 Å². The van der Waals surface area contributed by atoms with Gasteiger partial charge in [0.25, 0.3) is 0 Å². The summed E-state index contributed by atoms with van der Waals surface area (Å²) in [6.07, 6.45) is 6.23. The molecule has 3 heteroatoms. The van der Waals surface area contributed by atoms with E-state index in [0.717, 1.165) is 30.8 Å². The van der Waals surface area contributed by atoms with Crippen LogP contribution in [0, 0.1) is 12.3 Å². The molecule has 0 spiro atoms. The molecular weight excluding hydrogens is 224 g/mol. The SMILES string of the molecule is CCC1(CC)CCN(c2ncc(C=O)cc2C)C1. The average Bonchev–Trinajstić information content (AvgIpc) is 2.83. The molecule has 98 valence electrons. The molecule has 1 aromatic heterocycles. The van der Waals surface area contributed by atoms with Gasteiger partial charge in [-0.3, -0.25) is 4.79 Å². The van der Waals surface area contributed by atoms with E-state index >= 15 is 0 Å². The van der Waals surface area contributed by atoms with E-state index < -0.39 is 0 Å². The second-order valence-corrected chi connectivity index (χ2v) is 5.41. The Morgan fingerprint density at radius 1 is 1.44 bits per heavy atom. The Labute approximate surface area is 109 Å². The van der Waals surface area contributed by atoms with Crippen LogP contribution in [0.25, 0.3) is 0 Å². The van der Waals surface area contributed by atoms with Gasteiger partial charge >= 0.3 is 0 Å². The predicted octanol–water partition coefficient (Wildman–Crippen LogP) is 3.22. The summed E-state index contributed by atoms with van der Waals surface area (Å²) in [4.78, 5) is 17.6. The lowest BCUT2D eigenvalue weighted by Crippen LogP contribution is -2.27. The molecule has 1 aliphatic rings. The number of nitrogens with zero attached hydrogens (tertiary/aromatic N) is 2. The third kappa shape index (κ3) is 2.26. The van der Waals surface area contributed by atoms with Crippen LogP contribution in [0.2, 0.25) is 0 Å². The summed E-state index contributed by atoms with van der Waals surface area (Å²) in [7, 11) is 0. The number of carbonyl (C=O) groups excluding carboxylic acids is 1. The first-order chi connectivity index (χ1) is 8.64. The van der Waals surface area contributed by atoms with Crippen LogP contribution in [-0.4, -0.2) is 24.4 Å². The molecule has 2 heterocycles. The van der Waals surface area contributed by atoms with Crippen LogP contribution in [0.1, 0.15) is 49.0 Å². The molecule has 1 saturated heterocycles. The van der Waals surface area contributed by atoms with Crippen molar-refractivity contribution < 1.29 is 4.79 Å². The molecule has 0 saturated carbocycles. The second kappa shape index (κ2) is 5.09. The lowest BCUT2D eigenvalue weighted by Gasteiger charge is -2.27. The van der Waals surface area contributed by atoms with Crippen molar-refractivity contribution in [1.82, 2.24) is 4.98 Å². The van der Waals surface area contributed by atoms with Gasteiger partial charge in [0, 0.05) is 24.8 Å². The number of aryl methyl sites for hydroxylation is 1. The van der Waals surface area contributed by atoms with E-state index in [4.69, 9.17) is 0 Å². The quantitative estimate of drug-likeness (QED) is 0.765. The Bertz CT molecular complexity index is 438. The fourth-order valence-corrected chi connectivity index (χ4v) is 2.93. The normalized spacial score (nSPS) is 18.1. The van der Waals surface area contributed by atoms with Gasteiger partial charge in [-0.1, -0.05) is 13.8 Å². The number of aldehydes is 1. The maximum atomic E-state index is 10.7. The number of aromatic nitrogens is 1.